The van der Waals surface area contributed by atoms with Crippen LogP contribution >= 0.6 is 0 Å². The molecule has 0 spiro atoms. The van der Waals surface area contributed by atoms with Crippen LogP contribution in [0, 0.1) is 63.2 Å². The van der Waals surface area contributed by atoms with Gasteiger partial charge in [0.15, 0.2) is 0 Å². The maximum atomic E-state index is 12.0. The van der Waals surface area contributed by atoms with Gasteiger partial charge in [-0.15, -0.1) is 0 Å². The average Bonchev–Trinajstić information content (AvgIpc) is 3.28. The molecule has 0 aromatic heterocycles. The minimum atomic E-state index is 0. The summed E-state index contributed by atoms with van der Waals surface area (Å²) < 4.78 is 0. The summed E-state index contributed by atoms with van der Waals surface area (Å²) in [5.74, 6) is 1.82. The van der Waals surface area contributed by atoms with E-state index in [9.17, 15) is 9.59 Å². The van der Waals surface area contributed by atoms with Crippen LogP contribution in [0.4, 0.5) is 0 Å². The van der Waals surface area contributed by atoms with Crippen LogP contribution in [0.15, 0.2) is 0 Å². The SMILES string of the molecule is CC(C)N(C(=O)[C]1[CH][CH][CH][CH]1)C(C)C.CC(C)N(C(=O)[C]1[CH][CH][CH][CH]1)C(C)C.[Fe+2]. The first-order valence-corrected chi connectivity index (χ1v) is 10.2. The van der Waals surface area contributed by atoms with Gasteiger partial charge in [-0.05, 0) is 107 Å². The Labute approximate surface area is 191 Å². The van der Waals surface area contributed by atoms with Gasteiger partial charge in [-0.2, -0.15) is 0 Å². The number of rotatable bonds is 6. The summed E-state index contributed by atoms with van der Waals surface area (Å²) in [5, 5.41) is 0. The molecule has 2 aliphatic carbocycles. The molecular weight excluding hydrogens is 404 g/mol. The fourth-order valence-electron chi connectivity index (χ4n) is 3.46. The topological polar surface area (TPSA) is 40.6 Å². The number of carbonyl (C=O) groups is 2. The number of amides is 2. The predicted octanol–water partition coefficient (Wildman–Crippen LogP) is 4.07. The third kappa shape index (κ3) is 8.61. The summed E-state index contributed by atoms with van der Waals surface area (Å²) in [5.41, 5.74) is 0. The van der Waals surface area contributed by atoms with Crippen LogP contribution in [0.3, 0.4) is 0 Å². The average molecular weight is 440 g/mol. The Morgan fingerprint density at radius 3 is 0.931 bits per heavy atom. The Kier molecular flexibility index (Phi) is 13.4. The largest absolute Gasteiger partial charge is 2.00 e. The quantitative estimate of drug-likeness (QED) is 0.585. The number of hydrogen-bond acceptors (Lipinski definition) is 2. The maximum absolute atomic E-state index is 12.0. The van der Waals surface area contributed by atoms with Crippen molar-refractivity contribution in [2.75, 3.05) is 0 Å². The van der Waals surface area contributed by atoms with Crippen LogP contribution in [-0.4, -0.2) is 45.8 Å². The molecule has 0 aromatic carbocycles. The normalized spacial score (nSPS) is 17.5. The zero-order valence-electron chi connectivity index (χ0n) is 19.0. The van der Waals surface area contributed by atoms with Gasteiger partial charge in [-0.1, -0.05) is 0 Å². The van der Waals surface area contributed by atoms with E-state index < -0.39 is 0 Å². The first-order valence-electron chi connectivity index (χ1n) is 10.2. The molecule has 0 atom stereocenters. The molecule has 10 radical (unpaired) electrons. The van der Waals surface area contributed by atoms with Crippen LogP contribution in [-0.2, 0) is 26.7 Å². The van der Waals surface area contributed by atoms with E-state index in [2.05, 4.69) is 0 Å². The molecule has 0 saturated heterocycles. The van der Waals surface area contributed by atoms with Gasteiger partial charge in [0.25, 0.3) is 0 Å². The predicted molar refractivity (Wildman–Crippen MR) is 115 cm³/mol. The van der Waals surface area contributed by atoms with Gasteiger partial charge in [0, 0.05) is 24.2 Å². The molecule has 5 heteroatoms. The van der Waals surface area contributed by atoms with Gasteiger partial charge in [0.1, 0.15) is 0 Å². The van der Waals surface area contributed by atoms with Gasteiger partial charge in [0.05, 0.1) is 11.8 Å². The van der Waals surface area contributed by atoms with Crippen LogP contribution < -0.4 is 0 Å². The first-order chi connectivity index (χ1) is 13.1. The second-order valence-corrected chi connectivity index (χ2v) is 8.15. The molecule has 0 heterocycles. The van der Waals surface area contributed by atoms with Crippen molar-refractivity contribution in [3.05, 3.63) is 63.2 Å². The van der Waals surface area contributed by atoms with E-state index in [1.54, 1.807) is 0 Å². The van der Waals surface area contributed by atoms with Crippen molar-refractivity contribution in [3.63, 3.8) is 0 Å². The molecule has 0 bridgehead atoms. The van der Waals surface area contributed by atoms with E-state index in [1.807, 2.05) is 117 Å². The molecule has 160 valence electrons. The van der Waals surface area contributed by atoms with Gasteiger partial charge < -0.3 is 9.80 Å². The summed E-state index contributed by atoms with van der Waals surface area (Å²) in [6.45, 7) is 16.3. The van der Waals surface area contributed by atoms with E-state index in [0.717, 1.165) is 11.8 Å². The Balaban J connectivity index is 0.000000523. The van der Waals surface area contributed by atoms with Gasteiger partial charge in [-0.25, -0.2) is 0 Å². The molecule has 2 aliphatic rings. The zero-order chi connectivity index (χ0) is 21.4. The molecule has 4 nitrogen and oxygen atoms in total. The maximum Gasteiger partial charge on any atom is 2.00 e. The fraction of sp³-hybridized carbons (Fsp3) is 0.500. The molecule has 2 amide bonds. The molecule has 0 unspecified atom stereocenters. The van der Waals surface area contributed by atoms with Crippen LogP contribution in [0.2, 0.25) is 0 Å². The minimum Gasteiger partial charge on any atom is -0.337 e. The third-order valence-electron chi connectivity index (χ3n) is 4.51. The molecule has 29 heavy (non-hydrogen) atoms. The Morgan fingerprint density at radius 2 is 0.759 bits per heavy atom. The van der Waals surface area contributed by atoms with Crippen LogP contribution in [0.25, 0.3) is 0 Å². The van der Waals surface area contributed by atoms with E-state index in [1.165, 1.54) is 0 Å². The standard InChI is InChI=1S/2C12H18NO.Fe/c2*1-9(2)13(10(3)4)12(14)11-7-5-6-8-11;/h2*5-10H,1-4H3;/q;;+2. The molecule has 0 aliphatic heterocycles. The number of carbonyl (C=O) groups excluding carboxylic acids is 2. The molecule has 2 rings (SSSR count). The number of nitrogens with zero attached hydrogens (tertiary/aromatic N) is 2. The van der Waals surface area contributed by atoms with E-state index >= 15 is 0 Å². The summed E-state index contributed by atoms with van der Waals surface area (Å²) >= 11 is 0. The first kappa shape index (κ1) is 28.5. The molecule has 2 fully saturated rings. The smallest absolute Gasteiger partial charge is 0.337 e. The Morgan fingerprint density at radius 1 is 0.552 bits per heavy atom. The summed E-state index contributed by atoms with van der Waals surface area (Å²) in [6.07, 6.45) is 15.0. The summed E-state index contributed by atoms with van der Waals surface area (Å²) in [7, 11) is 0. The molecular formula is C24H36FeN2O2+2. The van der Waals surface area contributed by atoms with Crippen molar-refractivity contribution < 1.29 is 26.7 Å². The van der Waals surface area contributed by atoms with Crippen molar-refractivity contribution >= 4 is 11.8 Å². The number of hydrogen-bond donors (Lipinski definition) is 0. The summed E-state index contributed by atoms with van der Waals surface area (Å²) in [6, 6.07) is 0.990. The Bertz CT molecular complexity index is 419. The van der Waals surface area contributed by atoms with E-state index in [0.29, 0.717) is 0 Å². The van der Waals surface area contributed by atoms with Gasteiger partial charge in [-0.3, -0.25) is 9.59 Å². The molecule has 0 N–H and O–H groups in total. The van der Waals surface area contributed by atoms with Crippen molar-refractivity contribution in [2.24, 2.45) is 0 Å². The van der Waals surface area contributed by atoms with Crippen molar-refractivity contribution in [3.8, 4) is 0 Å². The molecule has 0 aromatic rings. The van der Waals surface area contributed by atoms with E-state index in [4.69, 9.17) is 0 Å². The fourth-order valence-corrected chi connectivity index (χ4v) is 3.46. The van der Waals surface area contributed by atoms with Gasteiger partial charge >= 0.3 is 17.1 Å². The molecule has 2 saturated carbocycles. The van der Waals surface area contributed by atoms with Crippen LogP contribution in [0.5, 0.6) is 0 Å². The van der Waals surface area contributed by atoms with Crippen molar-refractivity contribution in [1.29, 1.82) is 0 Å². The minimum absolute atomic E-state index is 0. The third-order valence-corrected chi connectivity index (χ3v) is 4.51. The van der Waals surface area contributed by atoms with Crippen molar-refractivity contribution in [1.82, 2.24) is 9.80 Å². The van der Waals surface area contributed by atoms with Crippen LogP contribution in [0.1, 0.15) is 55.4 Å². The van der Waals surface area contributed by atoms with E-state index in [-0.39, 0.29) is 53.1 Å². The zero-order valence-corrected chi connectivity index (χ0v) is 20.1. The summed E-state index contributed by atoms with van der Waals surface area (Å²) in [4.78, 5) is 27.8. The monoisotopic (exact) mass is 440 g/mol. The second-order valence-electron chi connectivity index (χ2n) is 8.15. The van der Waals surface area contributed by atoms with Crippen molar-refractivity contribution in [2.45, 2.75) is 79.6 Å². The Hall–Kier alpha value is -0.541. The second kappa shape index (κ2) is 13.7. The van der Waals surface area contributed by atoms with Gasteiger partial charge in [0.2, 0.25) is 11.8 Å².